The average Bonchev–Trinajstić information content (AvgIpc) is 3.53. The lowest BCUT2D eigenvalue weighted by Crippen LogP contribution is -2.47. The summed E-state index contributed by atoms with van der Waals surface area (Å²) in [6, 6.07) is 5.43. The van der Waals surface area contributed by atoms with E-state index in [-0.39, 0.29) is 12.1 Å². The van der Waals surface area contributed by atoms with Gasteiger partial charge < -0.3 is 24.9 Å². The lowest BCUT2D eigenvalue weighted by atomic mass is 10.1. The second-order valence-corrected chi connectivity index (χ2v) is 10.2. The molecule has 0 radical (unpaired) electrons. The predicted molar refractivity (Wildman–Crippen MR) is 145 cm³/mol. The van der Waals surface area contributed by atoms with Crippen molar-refractivity contribution in [2.24, 2.45) is 10.9 Å². The average molecular weight is 526 g/mol. The molecule has 1 saturated heterocycles. The van der Waals surface area contributed by atoms with Crippen LogP contribution in [0.1, 0.15) is 25.0 Å². The molecule has 11 nitrogen and oxygen atoms in total. The smallest absolute Gasteiger partial charge is 0.430 e. The third-order valence-corrected chi connectivity index (χ3v) is 7.38. The summed E-state index contributed by atoms with van der Waals surface area (Å²) in [5.41, 5.74) is 8.50. The molecular weight excluding hydrogens is 494 g/mol. The van der Waals surface area contributed by atoms with Crippen LogP contribution in [0.3, 0.4) is 0 Å². The molecule has 1 atom stereocenters. The van der Waals surface area contributed by atoms with Crippen LogP contribution >= 0.6 is 11.3 Å². The highest BCUT2D eigenvalue weighted by Gasteiger charge is 2.29. The summed E-state index contributed by atoms with van der Waals surface area (Å²) in [4.78, 5) is 34.7. The van der Waals surface area contributed by atoms with Crippen LogP contribution in [-0.2, 0) is 9.57 Å². The van der Waals surface area contributed by atoms with Crippen molar-refractivity contribution in [2.75, 3.05) is 55.8 Å². The number of hydrogen-bond acceptors (Lipinski definition) is 11. The first-order valence-corrected chi connectivity index (χ1v) is 13.1. The number of thiophene rings is 1. The number of fused-ring (bicyclic) bond motifs is 1. The van der Waals surface area contributed by atoms with Gasteiger partial charge in [-0.15, -0.1) is 16.4 Å². The number of carbonyl (C=O) groups excluding carboxylic acids is 1. The SMILES string of the molecule is COc1ccc(NC(=O)ON2CCN(c3nc(N)nc4scc(C5=NCC(C(C)C)O5)c34)CC2)c(C)c1. The number of aryl methyl sites for hydroxylation is 1. The van der Waals surface area contributed by atoms with Gasteiger partial charge >= 0.3 is 6.09 Å². The molecule has 2 aliphatic rings. The molecular formula is C25H31N7O4S. The van der Waals surface area contributed by atoms with Crippen molar-refractivity contribution >= 4 is 51.0 Å². The Morgan fingerprint density at radius 3 is 2.70 bits per heavy atom. The Hall–Kier alpha value is -3.64. The van der Waals surface area contributed by atoms with Gasteiger partial charge in [0.05, 0.1) is 37.7 Å². The molecule has 0 spiro atoms. The predicted octanol–water partition coefficient (Wildman–Crippen LogP) is 3.68. The summed E-state index contributed by atoms with van der Waals surface area (Å²) in [7, 11) is 1.61. The van der Waals surface area contributed by atoms with E-state index in [1.165, 1.54) is 11.3 Å². The van der Waals surface area contributed by atoms with E-state index < -0.39 is 6.09 Å². The van der Waals surface area contributed by atoms with Gasteiger partial charge in [-0.3, -0.25) is 5.32 Å². The molecule has 1 unspecified atom stereocenters. The van der Waals surface area contributed by atoms with Crippen LogP contribution in [-0.4, -0.2) is 73.0 Å². The van der Waals surface area contributed by atoms with Crippen LogP contribution in [0.4, 0.5) is 22.2 Å². The number of carbonyl (C=O) groups is 1. The summed E-state index contributed by atoms with van der Waals surface area (Å²) in [5.74, 6) is 2.70. The van der Waals surface area contributed by atoms with E-state index in [0.717, 1.165) is 32.9 Å². The lowest BCUT2D eigenvalue weighted by Gasteiger charge is -2.34. The van der Waals surface area contributed by atoms with Gasteiger partial charge in [-0.05, 0) is 36.6 Å². The first-order chi connectivity index (χ1) is 17.8. The minimum absolute atomic E-state index is 0.0663. The van der Waals surface area contributed by atoms with Gasteiger partial charge in [-0.1, -0.05) is 13.8 Å². The van der Waals surface area contributed by atoms with Crippen molar-refractivity contribution in [3.05, 3.63) is 34.7 Å². The second kappa shape index (κ2) is 10.4. The molecule has 0 aliphatic carbocycles. The number of hydroxylamine groups is 2. The number of hydrogen-bond donors (Lipinski definition) is 2. The summed E-state index contributed by atoms with van der Waals surface area (Å²) in [6.07, 6.45) is -0.469. The summed E-state index contributed by atoms with van der Waals surface area (Å²) in [6.45, 7) is 9.00. The molecule has 0 bridgehead atoms. The monoisotopic (exact) mass is 525 g/mol. The number of benzene rings is 1. The van der Waals surface area contributed by atoms with Crippen LogP contribution in [0, 0.1) is 12.8 Å². The Balaban J connectivity index is 1.26. The van der Waals surface area contributed by atoms with Crippen LogP contribution in [0.25, 0.3) is 10.2 Å². The number of rotatable bonds is 6. The highest BCUT2D eigenvalue weighted by molar-refractivity contribution is 7.17. The molecule has 1 amide bonds. The number of ether oxygens (including phenoxy) is 2. The van der Waals surface area contributed by atoms with E-state index in [0.29, 0.717) is 50.2 Å². The van der Waals surface area contributed by atoms with E-state index in [9.17, 15) is 4.79 Å². The topological polar surface area (TPSA) is 127 Å². The highest BCUT2D eigenvalue weighted by Crippen LogP contribution is 2.35. The molecule has 1 aromatic carbocycles. The number of aromatic nitrogens is 2. The van der Waals surface area contributed by atoms with E-state index in [1.807, 2.05) is 18.4 Å². The number of nitrogens with two attached hydrogens (primary N) is 1. The molecule has 4 heterocycles. The Kier molecular flexibility index (Phi) is 7.02. The Morgan fingerprint density at radius 1 is 1.24 bits per heavy atom. The first kappa shape index (κ1) is 25.0. The van der Waals surface area contributed by atoms with E-state index >= 15 is 0 Å². The Bertz CT molecular complexity index is 1330. The van der Waals surface area contributed by atoms with Gasteiger partial charge in [0.15, 0.2) is 0 Å². The molecule has 5 rings (SSSR count). The van der Waals surface area contributed by atoms with Gasteiger partial charge in [0.1, 0.15) is 22.5 Å². The Morgan fingerprint density at radius 2 is 2.03 bits per heavy atom. The molecule has 2 aromatic heterocycles. The van der Waals surface area contributed by atoms with E-state index in [2.05, 4.69) is 39.0 Å². The van der Waals surface area contributed by atoms with Gasteiger partial charge in [0.25, 0.3) is 0 Å². The van der Waals surface area contributed by atoms with Crippen LogP contribution < -0.4 is 20.7 Å². The van der Waals surface area contributed by atoms with Crippen molar-refractivity contribution in [1.29, 1.82) is 0 Å². The standard InChI is InChI=1S/C25H31N7O4S/c1-14(2)19-12-27-22(35-19)17-13-37-23-20(17)21(29-24(26)30-23)31-7-9-32(10-8-31)36-25(33)28-18-6-5-16(34-4)11-15(18)3/h5-6,11,13-14,19H,7-10,12H2,1-4H3,(H,28,33)(H2,26,29,30). The fourth-order valence-corrected chi connectivity index (χ4v) is 5.27. The zero-order valence-corrected chi connectivity index (χ0v) is 22.2. The van der Waals surface area contributed by atoms with Crippen LogP contribution in [0.5, 0.6) is 5.75 Å². The largest absolute Gasteiger partial charge is 0.497 e. The minimum Gasteiger partial charge on any atom is -0.497 e. The number of piperazine rings is 1. The number of nitrogen functional groups attached to an aromatic ring is 1. The lowest BCUT2D eigenvalue weighted by molar-refractivity contribution is -0.0966. The van der Waals surface area contributed by atoms with Gasteiger partial charge in [0.2, 0.25) is 11.8 Å². The molecule has 3 aromatic rings. The van der Waals surface area contributed by atoms with Gasteiger partial charge in [0, 0.05) is 24.2 Å². The van der Waals surface area contributed by atoms with Crippen molar-refractivity contribution in [3.63, 3.8) is 0 Å². The first-order valence-electron chi connectivity index (χ1n) is 12.2. The zero-order chi connectivity index (χ0) is 26.1. The fraction of sp³-hybridized carbons (Fsp3) is 0.440. The number of nitrogens with zero attached hydrogens (tertiary/aromatic N) is 5. The highest BCUT2D eigenvalue weighted by atomic mass is 32.1. The van der Waals surface area contributed by atoms with Gasteiger partial charge in [-0.25, -0.2) is 14.8 Å². The number of anilines is 3. The summed E-state index contributed by atoms with van der Waals surface area (Å²) in [5, 5.41) is 7.35. The molecule has 2 aliphatic heterocycles. The number of nitrogens with one attached hydrogen (secondary N) is 1. The maximum absolute atomic E-state index is 12.5. The van der Waals surface area contributed by atoms with Crippen LogP contribution in [0.15, 0.2) is 28.6 Å². The molecule has 12 heteroatoms. The van der Waals surface area contributed by atoms with Crippen molar-refractivity contribution < 1.29 is 19.1 Å². The molecule has 0 saturated carbocycles. The maximum atomic E-state index is 12.5. The molecule has 1 fully saturated rings. The van der Waals surface area contributed by atoms with Crippen molar-refractivity contribution in [3.8, 4) is 5.75 Å². The molecule has 37 heavy (non-hydrogen) atoms. The third kappa shape index (κ3) is 5.25. The second-order valence-electron chi connectivity index (χ2n) is 9.38. The zero-order valence-electron chi connectivity index (χ0n) is 21.4. The number of amides is 1. The van der Waals surface area contributed by atoms with E-state index in [4.69, 9.17) is 20.0 Å². The van der Waals surface area contributed by atoms with Gasteiger partial charge in [-0.2, -0.15) is 4.98 Å². The fourth-order valence-electron chi connectivity index (χ4n) is 4.36. The third-order valence-electron chi connectivity index (χ3n) is 6.50. The quantitative estimate of drug-likeness (QED) is 0.495. The summed E-state index contributed by atoms with van der Waals surface area (Å²) >= 11 is 1.50. The number of aliphatic imine (C=N–C) groups is 1. The van der Waals surface area contributed by atoms with Crippen LogP contribution in [0.2, 0.25) is 0 Å². The maximum Gasteiger partial charge on any atom is 0.430 e. The Labute approximate surface area is 219 Å². The molecule has 196 valence electrons. The summed E-state index contributed by atoms with van der Waals surface area (Å²) < 4.78 is 11.4. The normalized spacial score (nSPS) is 18.1. The number of methoxy groups -OCH3 is 1. The van der Waals surface area contributed by atoms with E-state index in [1.54, 1.807) is 24.3 Å². The minimum atomic E-state index is -0.536. The van der Waals surface area contributed by atoms with Crippen molar-refractivity contribution in [1.82, 2.24) is 15.0 Å². The molecule has 3 N–H and O–H groups in total. The van der Waals surface area contributed by atoms with Crippen molar-refractivity contribution in [2.45, 2.75) is 26.9 Å².